The molecule has 2 aliphatic rings. The van der Waals surface area contributed by atoms with Crippen LogP contribution in [0.2, 0.25) is 0 Å². The molecule has 0 N–H and O–H groups in total. The third kappa shape index (κ3) is 15.0. The Morgan fingerprint density at radius 2 is 1.00 bits per heavy atom. The molecule has 0 unspecified atom stereocenters. The Morgan fingerprint density at radius 3 is 1.23 bits per heavy atom. The molecule has 0 spiro atoms. The van der Waals surface area contributed by atoms with Crippen LogP contribution < -0.4 is 0 Å². The van der Waals surface area contributed by atoms with Crippen molar-refractivity contribution in [1.82, 2.24) is 0 Å². The topological polar surface area (TPSA) is 27.7 Å². The van der Waals surface area contributed by atoms with Crippen molar-refractivity contribution in [1.29, 1.82) is 0 Å². The first kappa shape index (κ1) is 25.9. The second-order valence-electron chi connectivity index (χ2n) is 8.06. The molecule has 0 heterocycles. The maximum absolute atomic E-state index is 5.08. The molecule has 0 saturated heterocycles. The monoisotopic (exact) mass is 372 g/mol. The minimum atomic E-state index is 0.778. The molecular weight excluding hydrogens is 324 g/mol. The van der Waals surface area contributed by atoms with E-state index in [1.165, 1.54) is 77.0 Å². The molecule has 0 aliphatic heterocycles. The van der Waals surface area contributed by atoms with Gasteiger partial charge in [0.05, 0.1) is 0 Å². The Bertz CT molecular complexity index is 229. The van der Waals surface area contributed by atoms with Crippen molar-refractivity contribution in [2.75, 3.05) is 41.2 Å². The van der Waals surface area contributed by atoms with Crippen molar-refractivity contribution in [3.8, 4) is 0 Å². The molecule has 158 valence electrons. The molecule has 2 fully saturated rings. The van der Waals surface area contributed by atoms with E-state index in [2.05, 4.69) is 13.8 Å². The summed E-state index contributed by atoms with van der Waals surface area (Å²) < 4.78 is 15.1. The van der Waals surface area contributed by atoms with Gasteiger partial charge in [0.1, 0.15) is 0 Å². The summed E-state index contributed by atoms with van der Waals surface area (Å²) in [6, 6.07) is 0. The van der Waals surface area contributed by atoms with Gasteiger partial charge in [0.15, 0.2) is 0 Å². The lowest BCUT2D eigenvalue weighted by Crippen LogP contribution is -2.11. The molecule has 26 heavy (non-hydrogen) atoms. The van der Waals surface area contributed by atoms with Gasteiger partial charge < -0.3 is 14.2 Å². The van der Waals surface area contributed by atoms with E-state index in [1.807, 2.05) is 0 Å². The van der Waals surface area contributed by atoms with Crippen molar-refractivity contribution >= 4 is 0 Å². The van der Waals surface area contributed by atoms with Crippen LogP contribution >= 0.6 is 0 Å². The highest BCUT2D eigenvalue weighted by molar-refractivity contribution is 4.64. The molecule has 2 saturated carbocycles. The highest BCUT2D eigenvalue weighted by Crippen LogP contribution is 2.23. The van der Waals surface area contributed by atoms with Crippen molar-refractivity contribution in [3.05, 3.63) is 0 Å². The largest absolute Gasteiger partial charge is 0.384 e. The molecular formula is C23H48O3. The van der Waals surface area contributed by atoms with Gasteiger partial charge in [-0.2, -0.15) is 0 Å². The predicted octanol–water partition coefficient (Wildman–Crippen LogP) is 6.50. The molecule has 0 atom stereocenters. The van der Waals surface area contributed by atoms with Crippen molar-refractivity contribution in [2.45, 2.75) is 90.9 Å². The smallest absolute Gasteiger partial charge is 0.0490 e. The summed E-state index contributed by atoms with van der Waals surface area (Å²) in [5, 5.41) is 0. The van der Waals surface area contributed by atoms with E-state index in [9.17, 15) is 0 Å². The van der Waals surface area contributed by atoms with Gasteiger partial charge >= 0.3 is 0 Å². The highest BCUT2D eigenvalue weighted by Gasteiger charge is 2.12. The van der Waals surface area contributed by atoms with Gasteiger partial charge in [-0.25, -0.2) is 0 Å². The zero-order chi connectivity index (χ0) is 19.5. The second-order valence-corrected chi connectivity index (χ2v) is 8.06. The van der Waals surface area contributed by atoms with Crippen LogP contribution in [0.5, 0.6) is 0 Å². The fraction of sp³-hybridized carbons (Fsp3) is 1.00. The van der Waals surface area contributed by atoms with Gasteiger partial charge in [0, 0.05) is 41.2 Å². The lowest BCUT2D eigenvalue weighted by atomic mass is 9.90. The number of rotatable bonds is 8. The van der Waals surface area contributed by atoms with Crippen LogP contribution in [0.1, 0.15) is 90.9 Å². The highest BCUT2D eigenvalue weighted by atomic mass is 16.5. The van der Waals surface area contributed by atoms with Gasteiger partial charge in [0.2, 0.25) is 0 Å². The molecule has 2 aliphatic carbocycles. The molecule has 3 nitrogen and oxygen atoms in total. The van der Waals surface area contributed by atoms with Crippen LogP contribution in [0, 0.1) is 17.8 Å². The first-order valence-electron chi connectivity index (χ1n) is 11.2. The minimum Gasteiger partial charge on any atom is -0.384 e. The zero-order valence-corrected chi connectivity index (χ0v) is 18.6. The molecule has 0 amide bonds. The predicted molar refractivity (Wildman–Crippen MR) is 113 cm³/mol. The summed E-state index contributed by atoms with van der Waals surface area (Å²) in [6.07, 6.45) is 16.7. The quantitative estimate of drug-likeness (QED) is 0.487. The average Bonchev–Trinajstić information content (AvgIpc) is 2.69. The summed E-state index contributed by atoms with van der Waals surface area (Å²) in [4.78, 5) is 0. The number of ether oxygens (including phenoxy) is 3. The third-order valence-corrected chi connectivity index (χ3v) is 5.81. The van der Waals surface area contributed by atoms with Crippen LogP contribution in [0.3, 0.4) is 0 Å². The van der Waals surface area contributed by atoms with Gasteiger partial charge in [-0.1, -0.05) is 65.2 Å². The summed E-state index contributed by atoms with van der Waals surface area (Å²) in [7, 11) is 5.36. The fourth-order valence-corrected chi connectivity index (χ4v) is 3.94. The molecule has 3 heteroatoms. The Labute approximate surface area is 164 Å². The van der Waals surface area contributed by atoms with Crippen LogP contribution in [0.4, 0.5) is 0 Å². The van der Waals surface area contributed by atoms with Crippen LogP contribution in [0.15, 0.2) is 0 Å². The summed E-state index contributed by atoms with van der Waals surface area (Å²) in [5.74, 6) is 2.53. The van der Waals surface area contributed by atoms with Crippen molar-refractivity contribution in [3.63, 3.8) is 0 Å². The normalized spacial score (nSPS) is 18.7. The zero-order valence-electron chi connectivity index (χ0n) is 18.6. The number of hydrogen-bond acceptors (Lipinski definition) is 3. The maximum Gasteiger partial charge on any atom is 0.0490 e. The minimum absolute atomic E-state index is 0.778. The Morgan fingerprint density at radius 1 is 0.615 bits per heavy atom. The van der Waals surface area contributed by atoms with E-state index >= 15 is 0 Å². The van der Waals surface area contributed by atoms with Gasteiger partial charge in [0.25, 0.3) is 0 Å². The van der Waals surface area contributed by atoms with Gasteiger partial charge in [-0.05, 0) is 43.4 Å². The lowest BCUT2D eigenvalue weighted by Gasteiger charge is -2.19. The molecule has 2 rings (SSSR count). The molecule has 0 aromatic heterocycles. The van der Waals surface area contributed by atoms with Gasteiger partial charge in [-0.3, -0.25) is 0 Å². The number of methoxy groups -OCH3 is 3. The third-order valence-electron chi connectivity index (χ3n) is 5.81. The maximum atomic E-state index is 5.08. The molecule has 0 bridgehead atoms. The van der Waals surface area contributed by atoms with Crippen molar-refractivity contribution in [2.24, 2.45) is 17.8 Å². The van der Waals surface area contributed by atoms with E-state index in [0.717, 1.165) is 37.6 Å². The molecule has 0 radical (unpaired) electrons. The summed E-state index contributed by atoms with van der Waals surface area (Å²) in [6.45, 7) is 7.30. The van der Waals surface area contributed by atoms with Crippen LogP contribution in [-0.2, 0) is 14.2 Å². The van der Waals surface area contributed by atoms with Crippen LogP contribution in [-0.4, -0.2) is 41.2 Å². The Kier molecular flexibility index (Phi) is 19.5. The molecule has 0 aromatic carbocycles. The fourth-order valence-electron chi connectivity index (χ4n) is 3.94. The van der Waals surface area contributed by atoms with E-state index < -0.39 is 0 Å². The van der Waals surface area contributed by atoms with Crippen LogP contribution in [0.25, 0.3) is 0 Å². The lowest BCUT2D eigenvalue weighted by molar-refractivity contribution is 0.131. The SMILES string of the molecule is CCC(CC)COC.COCC1CCCCC1.COCC1CCCCC1. The van der Waals surface area contributed by atoms with E-state index in [4.69, 9.17) is 14.2 Å². The first-order valence-corrected chi connectivity index (χ1v) is 11.2. The Hall–Kier alpha value is -0.120. The van der Waals surface area contributed by atoms with Gasteiger partial charge in [-0.15, -0.1) is 0 Å². The van der Waals surface area contributed by atoms with E-state index in [0.29, 0.717) is 0 Å². The van der Waals surface area contributed by atoms with E-state index in [-0.39, 0.29) is 0 Å². The number of hydrogen-bond donors (Lipinski definition) is 0. The summed E-state index contributed by atoms with van der Waals surface area (Å²) >= 11 is 0. The molecule has 0 aromatic rings. The van der Waals surface area contributed by atoms with E-state index in [1.54, 1.807) is 21.3 Å². The Balaban J connectivity index is 0.000000362. The second kappa shape index (κ2) is 19.6. The average molecular weight is 373 g/mol. The van der Waals surface area contributed by atoms with Crippen molar-refractivity contribution < 1.29 is 14.2 Å². The summed E-state index contributed by atoms with van der Waals surface area (Å²) in [5.41, 5.74) is 0. The standard InChI is InChI=1S/2C8H16O.C7H16O/c2*1-9-7-8-5-3-2-4-6-8;1-4-7(5-2)6-8-3/h2*8H,2-7H2,1H3;7H,4-6H2,1-3H3. The first-order chi connectivity index (χ1) is 12.7.